The Morgan fingerprint density at radius 3 is 2.43 bits per heavy atom. The minimum atomic E-state index is 0.0942. The van der Waals surface area contributed by atoms with Crippen molar-refractivity contribution in [1.29, 1.82) is 0 Å². The third kappa shape index (κ3) is 4.09. The summed E-state index contributed by atoms with van der Waals surface area (Å²) in [6, 6.07) is 14.2. The maximum atomic E-state index is 13.0. The molecule has 146 valence electrons. The fourth-order valence-corrected chi connectivity index (χ4v) is 4.49. The van der Waals surface area contributed by atoms with Gasteiger partial charge in [-0.15, -0.1) is 10.2 Å². The second-order valence-corrected chi connectivity index (χ2v) is 7.99. The third-order valence-electron chi connectivity index (χ3n) is 5.25. The molecule has 3 aromatic rings. The zero-order chi connectivity index (χ0) is 19.3. The van der Waals surface area contributed by atoms with E-state index in [1.165, 1.54) is 5.56 Å². The smallest absolute Gasteiger partial charge is 0.226 e. The molecular formula is C21H25N5OS. The Balaban J connectivity index is 1.35. The molecule has 0 saturated carbocycles. The molecular weight excluding hydrogens is 370 g/mol. The number of carbonyl (C=O) groups is 1. The predicted molar refractivity (Wildman–Crippen MR) is 112 cm³/mol. The van der Waals surface area contributed by atoms with Gasteiger partial charge in [0.2, 0.25) is 16.2 Å². The van der Waals surface area contributed by atoms with Crippen molar-refractivity contribution in [1.82, 2.24) is 19.7 Å². The highest BCUT2D eigenvalue weighted by molar-refractivity contribution is 7.17. The van der Waals surface area contributed by atoms with Gasteiger partial charge in [-0.25, -0.2) is 0 Å². The maximum absolute atomic E-state index is 13.0. The molecule has 0 atom stereocenters. The van der Waals surface area contributed by atoms with Crippen LogP contribution in [0.1, 0.15) is 25.3 Å². The molecule has 0 aliphatic carbocycles. The fourth-order valence-electron chi connectivity index (χ4n) is 3.63. The van der Waals surface area contributed by atoms with Crippen LogP contribution in [0.2, 0.25) is 0 Å². The molecule has 3 heterocycles. The highest BCUT2D eigenvalue weighted by Gasteiger charge is 2.29. The van der Waals surface area contributed by atoms with E-state index in [-0.39, 0.29) is 11.8 Å². The highest BCUT2D eigenvalue weighted by Crippen LogP contribution is 2.28. The molecule has 0 radical (unpaired) electrons. The van der Waals surface area contributed by atoms with E-state index in [4.69, 9.17) is 0 Å². The predicted octanol–water partition coefficient (Wildman–Crippen LogP) is 3.59. The van der Waals surface area contributed by atoms with Crippen LogP contribution in [0.3, 0.4) is 0 Å². The number of nitrogens with zero attached hydrogens (tertiary/aromatic N) is 5. The molecule has 4 rings (SSSR count). The van der Waals surface area contributed by atoms with E-state index in [2.05, 4.69) is 34.2 Å². The first kappa shape index (κ1) is 18.7. The van der Waals surface area contributed by atoms with E-state index in [0.29, 0.717) is 6.54 Å². The first-order valence-corrected chi connectivity index (χ1v) is 10.6. The average molecular weight is 396 g/mol. The van der Waals surface area contributed by atoms with Crippen molar-refractivity contribution in [3.63, 3.8) is 0 Å². The summed E-state index contributed by atoms with van der Waals surface area (Å²) in [5.74, 6) is 0.369. The van der Waals surface area contributed by atoms with Crippen LogP contribution in [0.25, 0.3) is 5.13 Å². The maximum Gasteiger partial charge on any atom is 0.226 e. The number of piperidine rings is 1. The minimum Gasteiger partial charge on any atom is -0.347 e. The second-order valence-electron chi connectivity index (χ2n) is 7.06. The van der Waals surface area contributed by atoms with Gasteiger partial charge in [-0.1, -0.05) is 41.7 Å². The molecule has 28 heavy (non-hydrogen) atoms. The number of carbonyl (C=O) groups excluding carboxylic acids is 1. The van der Waals surface area contributed by atoms with E-state index >= 15 is 0 Å². The van der Waals surface area contributed by atoms with Crippen molar-refractivity contribution in [2.24, 2.45) is 5.92 Å². The van der Waals surface area contributed by atoms with Crippen molar-refractivity contribution in [2.45, 2.75) is 26.3 Å². The van der Waals surface area contributed by atoms with Crippen LogP contribution in [0.4, 0.5) is 5.13 Å². The molecule has 1 amide bonds. The number of aromatic nitrogens is 3. The second kappa shape index (κ2) is 8.56. The lowest BCUT2D eigenvalue weighted by molar-refractivity contribution is -0.136. The summed E-state index contributed by atoms with van der Waals surface area (Å²) in [5, 5.41) is 10.5. The molecule has 0 bridgehead atoms. The zero-order valence-corrected chi connectivity index (χ0v) is 16.9. The summed E-state index contributed by atoms with van der Waals surface area (Å²) < 4.78 is 1.97. The lowest BCUT2D eigenvalue weighted by Crippen LogP contribution is -2.42. The Morgan fingerprint density at radius 2 is 1.75 bits per heavy atom. The summed E-state index contributed by atoms with van der Waals surface area (Å²) >= 11 is 1.59. The van der Waals surface area contributed by atoms with E-state index in [9.17, 15) is 4.79 Å². The number of hydrogen-bond donors (Lipinski definition) is 0. The fraction of sp³-hybridized carbons (Fsp3) is 0.381. The topological polar surface area (TPSA) is 54.3 Å². The van der Waals surface area contributed by atoms with Crippen LogP contribution >= 0.6 is 11.3 Å². The van der Waals surface area contributed by atoms with Crippen molar-refractivity contribution < 1.29 is 4.79 Å². The van der Waals surface area contributed by atoms with Crippen molar-refractivity contribution in [3.8, 4) is 5.13 Å². The van der Waals surface area contributed by atoms with E-state index in [1.807, 2.05) is 52.2 Å². The number of amides is 1. The Hall–Kier alpha value is -2.67. The van der Waals surface area contributed by atoms with Gasteiger partial charge in [0, 0.05) is 44.5 Å². The van der Waals surface area contributed by atoms with Crippen LogP contribution in [-0.4, -0.2) is 45.2 Å². The molecule has 1 aromatic carbocycles. The molecule has 2 aromatic heterocycles. The van der Waals surface area contributed by atoms with Crippen LogP contribution in [0, 0.1) is 5.92 Å². The van der Waals surface area contributed by atoms with Gasteiger partial charge in [0.05, 0.1) is 0 Å². The Labute approximate surface area is 169 Å². The van der Waals surface area contributed by atoms with Gasteiger partial charge < -0.3 is 9.80 Å². The Morgan fingerprint density at radius 1 is 1.07 bits per heavy atom. The standard InChI is InChI=1S/C21H25N5OS/c1-2-24(16-17-8-4-3-5-9-17)19(27)18-10-14-26(15-11-18)21-23-22-20(28-21)25-12-6-7-13-25/h3-9,12-13,18H,2,10-11,14-16H2,1H3. The minimum absolute atomic E-state index is 0.0942. The number of hydrogen-bond acceptors (Lipinski definition) is 5. The number of rotatable bonds is 6. The normalized spacial score (nSPS) is 15.0. The van der Waals surface area contributed by atoms with Gasteiger partial charge >= 0.3 is 0 Å². The highest BCUT2D eigenvalue weighted by atomic mass is 32.1. The van der Waals surface area contributed by atoms with E-state index in [0.717, 1.165) is 42.7 Å². The zero-order valence-electron chi connectivity index (χ0n) is 16.1. The first-order valence-electron chi connectivity index (χ1n) is 9.79. The van der Waals surface area contributed by atoms with Crippen molar-refractivity contribution >= 4 is 22.4 Å². The van der Waals surface area contributed by atoms with Gasteiger partial charge in [0.25, 0.3) is 0 Å². The van der Waals surface area contributed by atoms with Crippen molar-refractivity contribution in [3.05, 3.63) is 60.4 Å². The van der Waals surface area contributed by atoms with Gasteiger partial charge in [-0.3, -0.25) is 9.36 Å². The van der Waals surface area contributed by atoms with Crippen LogP contribution in [-0.2, 0) is 11.3 Å². The summed E-state index contributed by atoms with van der Waals surface area (Å²) in [6.07, 6.45) is 5.67. The quantitative estimate of drug-likeness (QED) is 0.640. The van der Waals surface area contributed by atoms with Crippen LogP contribution in [0.15, 0.2) is 54.9 Å². The molecule has 0 unspecified atom stereocenters. The summed E-state index contributed by atoms with van der Waals surface area (Å²) in [7, 11) is 0. The monoisotopic (exact) mass is 395 g/mol. The molecule has 7 heteroatoms. The third-order valence-corrected chi connectivity index (χ3v) is 6.25. The van der Waals surface area contributed by atoms with Gasteiger partial charge in [-0.2, -0.15) is 0 Å². The summed E-state index contributed by atoms with van der Waals surface area (Å²) in [4.78, 5) is 17.2. The molecule has 0 spiro atoms. The molecule has 6 nitrogen and oxygen atoms in total. The van der Waals surface area contributed by atoms with Gasteiger partial charge in [0.15, 0.2) is 0 Å². The molecule has 0 N–H and O–H groups in total. The molecule has 1 aliphatic heterocycles. The summed E-state index contributed by atoms with van der Waals surface area (Å²) in [5.41, 5.74) is 1.18. The SMILES string of the molecule is CCN(Cc1ccccc1)C(=O)C1CCN(c2nnc(-n3cccc3)s2)CC1. The summed E-state index contributed by atoms with van der Waals surface area (Å²) in [6.45, 7) is 5.18. The molecule has 1 fully saturated rings. The van der Waals surface area contributed by atoms with Crippen LogP contribution < -0.4 is 4.90 Å². The molecule has 1 saturated heterocycles. The van der Waals surface area contributed by atoms with E-state index in [1.54, 1.807) is 11.3 Å². The number of benzene rings is 1. The lowest BCUT2D eigenvalue weighted by Gasteiger charge is -2.33. The van der Waals surface area contributed by atoms with Crippen molar-refractivity contribution in [2.75, 3.05) is 24.5 Å². The van der Waals surface area contributed by atoms with Gasteiger partial charge in [-0.05, 0) is 37.5 Å². The van der Waals surface area contributed by atoms with Crippen LogP contribution in [0.5, 0.6) is 0 Å². The Bertz CT molecular complexity index is 885. The van der Waals surface area contributed by atoms with E-state index < -0.39 is 0 Å². The largest absolute Gasteiger partial charge is 0.347 e. The lowest BCUT2D eigenvalue weighted by atomic mass is 9.95. The first-order chi connectivity index (χ1) is 13.7. The average Bonchev–Trinajstić information content (AvgIpc) is 3.44. The number of anilines is 1. The Kier molecular flexibility index (Phi) is 5.71. The van der Waals surface area contributed by atoms with Gasteiger partial charge in [0.1, 0.15) is 0 Å². The molecule has 1 aliphatic rings.